The molecule has 1 N–H and O–H groups in total. The van der Waals surface area contributed by atoms with E-state index >= 15 is 0 Å². The zero-order valence-electron chi connectivity index (χ0n) is 23.1. The van der Waals surface area contributed by atoms with E-state index in [0.717, 1.165) is 13.1 Å². The summed E-state index contributed by atoms with van der Waals surface area (Å²) in [6, 6.07) is -1.51. The molecule has 0 aromatic heterocycles. The second-order valence-electron chi connectivity index (χ2n) is 11.1. The van der Waals surface area contributed by atoms with Crippen LogP contribution in [-0.2, 0) is 23.9 Å². The molecule has 4 rings (SSSR count). The molecule has 4 aliphatic heterocycles. The topological polar surface area (TPSA) is 103 Å². The van der Waals surface area contributed by atoms with Gasteiger partial charge in [0.15, 0.2) is 0 Å². The third-order valence-electron chi connectivity index (χ3n) is 9.09. The minimum Gasteiger partial charge on any atom is -0.394 e. The minimum absolute atomic E-state index is 0.161. The fraction of sp³-hybridized carbons (Fsp3) is 0.750. The lowest BCUT2D eigenvalue weighted by Crippen LogP contribution is -2.59. The van der Waals surface area contributed by atoms with Crippen LogP contribution in [0.4, 0.5) is 0 Å². The summed E-state index contributed by atoms with van der Waals surface area (Å²) in [5.41, 5.74) is -1.90. The molecule has 0 radical (unpaired) electrons. The number of likely N-dealkylation sites (tertiary alicyclic amines) is 1. The molecule has 0 aromatic carbocycles. The fourth-order valence-electron chi connectivity index (χ4n) is 7.10. The highest BCUT2D eigenvalue weighted by Crippen LogP contribution is 2.64. The molecule has 1 spiro atoms. The molecule has 0 aliphatic carbocycles. The summed E-state index contributed by atoms with van der Waals surface area (Å²) in [4.78, 5) is 49.4. The van der Waals surface area contributed by atoms with Crippen LogP contribution in [0.1, 0.15) is 33.1 Å². The van der Waals surface area contributed by atoms with Crippen molar-refractivity contribution < 1.29 is 29.0 Å². The summed E-state index contributed by atoms with van der Waals surface area (Å²) in [6.45, 7) is 15.8. The highest BCUT2D eigenvalue weighted by Gasteiger charge is 2.79. The number of ether oxygens (including phenoxy) is 2. The summed E-state index contributed by atoms with van der Waals surface area (Å²) in [5.74, 6) is -2.12. The van der Waals surface area contributed by atoms with Crippen LogP contribution in [0.15, 0.2) is 25.3 Å². The molecule has 212 valence electrons. The number of hydrogen-bond acceptors (Lipinski definition) is 7. The van der Waals surface area contributed by atoms with Crippen molar-refractivity contribution in [2.24, 2.45) is 11.8 Å². The van der Waals surface area contributed by atoms with Gasteiger partial charge in [-0.3, -0.25) is 19.3 Å². The normalized spacial score (nSPS) is 33.2. The van der Waals surface area contributed by atoms with E-state index in [1.54, 1.807) is 35.9 Å². The summed E-state index contributed by atoms with van der Waals surface area (Å²) >= 11 is 0. The van der Waals surface area contributed by atoms with Gasteiger partial charge in [-0.1, -0.05) is 19.1 Å². The predicted molar refractivity (Wildman–Crippen MR) is 142 cm³/mol. The lowest BCUT2D eigenvalue weighted by Gasteiger charge is -2.39. The smallest absolute Gasteiger partial charge is 0.248 e. The molecular formula is C28H44N4O6. The molecule has 2 bridgehead atoms. The molecule has 0 aromatic rings. The average molecular weight is 533 g/mol. The van der Waals surface area contributed by atoms with Gasteiger partial charge in [0.1, 0.15) is 11.6 Å². The molecule has 10 nitrogen and oxygen atoms in total. The van der Waals surface area contributed by atoms with Crippen LogP contribution in [0, 0.1) is 11.8 Å². The van der Waals surface area contributed by atoms with Crippen LogP contribution in [0.5, 0.6) is 0 Å². The van der Waals surface area contributed by atoms with Crippen molar-refractivity contribution in [2.45, 2.75) is 56.4 Å². The second kappa shape index (κ2) is 11.5. The molecule has 6 atom stereocenters. The molecule has 0 saturated carbocycles. The van der Waals surface area contributed by atoms with Crippen molar-refractivity contribution in [3.63, 3.8) is 0 Å². The molecule has 4 heterocycles. The summed E-state index contributed by atoms with van der Waals surface area (Å²) in [6.07, 6.45) is 5.04. The molecule has 4 fully saturated rings. The number of rotatable bonds is 12. The maximum atomic E-state index is 14.4. The van der Waals surface area contributed by atoms with Gasteiger partial charge in [0.2, 0.25) is 17.7 Å². The number of carbonyl (C=O) groups excluding carboxylic acids is 3. The predicted octanol–water partition coefficient (Wildman–Crippen LogP) is 0.513. The monoisotopic (exact) mass is 532 g/mol. The Kier molecular flexibility index (Phi) is 8.66. The number of aliphatic hydroxyl groups excluding tert-OH is 1. The van der Waals surface area contributed by atoms with Crippen molar-refractivity contribution in [2.75, 3.05) is 66.1 Å². The largest absolute Gasteiger partial charge is 0.394 e. The van der Waals surface area contributed by atoms with E-state index < -0.39 is 35.1 Å². The molecule has 4 aliphatic rings. The fourth-order valence-corrected chi connectivity index (χ4v) is 7.10. The van der Waals surface area contributed by atoms with Crippen LogP contribution in [0.2, 0.25) is 0 Å². The first-order valence-electron chi connectivity index (χ1n) is 13.9. The van der Waals surface area contributed by atoms with E-state index in [1.165, 1.54) is 4.90 Å². The van der Waals surface area contributed by atoms with Crippen LogP contribution in [0.3, 0.4) is 0 Å². The Bertz CT molecular complexity index is 938. The van der Waals surface area contributed by atoms with E-state index in [4.69, 9.17) is 9.47 Å². The number of amides is 3. The molecular weight excluding hydrogens is 488 g/mol. The highest BCUT2D eigenvalue weighted by molar-refractivity contribution is 5.99. The second-order valence-corrected chi connectivity index (χ2v) is 11.1. The number of nitrogens with zero attached hydrogens (tertiary/aromatic N) is 4. The lowest BCUT2D eigenvalue weighted by atomic mass is 9.64. The van der Waals surface area contributed by atoms with Crippen molar-refractivity contribution in [3.05, 3.63) is 25.3 Å². The van der Waals surface area contributed by atoms with E-state index in [-0.39, 0.29) is 24.3 Å². The quantitative estimate of drug-likeness (QED) is 0.366. The Balaban J connectivity index is 1.70. The van der Waals surface area contributed by atoms with E-state index in [9.17, 15) is 19.5 Å². The number of hydrogen-bond donors (Lipinski definition) is 1. The number of carbonyl (C=O) groups is 3. The summed E-state index contributed by atoms with van der Waals surface area (Å²) in [5, 5.41) is 10.1. The highest BCUT2D eigenvalue weighted by atomic mass is 16.5. The zero-order valence-corrected chi connectivity index (χ0v) is 23.1. The van der Waals surface area contributed by atoms with Gasteiger partial charge in [-0.25, -0.2) is 0 Å². The van der Waals surface area contributed by atoms with Gasteiger partial charge in [0, 0.05) is 46.3 Å². The zero-order chi connectivity index (χ0) is 27.7. The Morgan fingerprint density at radius 3 is 2.47 bits per heavy atom. The number of aliphatic hydroxyl groups is 1. The third kappa shape index (κ3) is 4.59. The third-order valence-corrected chi connectivity index (χ3v) is 9.09. The maximum Gasteiger partial charge on any atom is 0.248 e. The van der Waals surface area contributed by atoms with Crippen molar-refractivity contribution in [1.82, 2.24) is 19.6 Å². The van der Waals surface area contributed by atoms with Gasteiger partial charge in [0.05, 0.1) is 43.3 Å². The number of morpholine rings is 1. The molecule has 2 unspecified atom stereocenters. The standard InChI is InChI=1S/C28H44N4O6/c1-6-11-29(5)24(34)21-22-25(35)32(20(4)19-33)23(28(22)10-9-27(21,8-3)38-28)26(36)31(12-7-2)14-13-30-15-17-37-18-16-30/h6-7,20-23,33H,1-2,8-19H2,3-5H3/t20-,21-,22+,23?,27+,28?/m1/s1. The van der Waals surface area contributed by atoms with Gasteiger partial charge in [-0.15, -0.1) is 13.2 Å². The van der Waals surface area contributed by atoms with E-state index in [0.29, 0.717) is 58.7 Å². The maximum absolute atomic E-state index is 14.4. The van der Waals surface area contributed by atoms with Crippen LogP contribution in [0.25, 0.3) is 0 Å². The Labute approximate surface area is 226 Å². The Morgan fingerprint density at radius 2 is 1.87 bits per heavy atom. The number of likely N-dealkylation sites (N-methyl/N-ethyl adjacent to an activating group) is 1. The SMILES string of the molecule is C=CCN(C)C(=O)[C@H]1[C@H]2C(=O)N([C@H](C)CO)C(C(=O)N(CC=C)CCN3CCOCC3)C23CC[C@]1(CC)O3. The van der Waals surface area contributed by atoms with Crippen molar-refractivity contribution in [1.29, 1.82) is 0 Å². The van der Waals surface area contributed by atoms with Gasteiger partial charge < -0.3 is 29.3 Å². The Hall–Kier alpha value is -2.27. The average Bonchev–Trinajstić information content (AvgIpc) is 3.54. The van der Waals surface area contributed by atoms with Crippen LogP contribution in [-0.4, -0.2) is 132 Å². The minimum atomic E-state index is -1.11. The number of fused-ring (bicyclic) bond motifs is 1. The molecule has 4 saturated heterocycles. The van der Waals surface area contributed by atoms with Crippen molar-refractivity contribution in [3.8, 4) is 0 Å². The first-order valence-corrected chi connectivity index (χ1v) is 13.9. The Morgan fingerprint density at radius 1 is 1.18 bits per heavy atom. The van der Waals surface area contributed by atoms with Gasteiger partial charge in [0.25, 0.3) is 0 Å². The van der Waals surface area contributed by atoms with Crippen LogP contribution >= 0.6 is 0 Å². The van der Waals surface area contributed by atoms with Gasteiger partial charge in [-0.05, 0) is 26.2 Å². The van der Waals surface area contributed by atoms with Crippen LogP contribution < -0.4 is 0 Å². The van der Waals surface area contributed by atoms with Gasteiger partial charge >= 0.3 is 0 Å². The van der Waals surface area contributed by atoms with E-state index in [2.05, 4.69) is 18.1 Å². The lowest BCUT2D eigenvalue weighted by molar-refractivity contribution is -0.157. The van der Waals surface area contributed by atoms with Crippen molar-refractivity contribution >= 4 is 17.7 Å². The first-order chi connectivity index (χ1) is 18.2. The summed E-state index contributed by atoms with van der Waals surface area (Å²) in [7, 11) is 1.71. The summed E-state index contributed by atoms with van der Waals surface area (Å²) < 4.78 is 12.3. The van der Waals surface area contributed by atoms with E-state index in [1.807, 2.05) is 6.92 Å². The van der Waals surface area contributed by atoms with Gasteiger partial charge in [-0.2, -0.15) is 0 Å². The molecule has 3 amide bonds. The first kappa shape index (κ1) is 28.7. The molecule has 10 heteroatoms. The molecule has 38 heavy (non-hydrogen) atoms.